The van der Waals surface area contributed by atoms with E-state index in [9.17, 15) is 4.79 Å². The van der Waals surface area contributed by atoms with Gasteiger partial charge in [-0.2, -0.15) is 0 Å². The van der Waals surface area contributed by atoms with Gasteiger partial charge < -0.3 is 5.32 Å². The summed E-state index contributed by atoms with van der Waals surface area (Å²) in [5, 5.41) is 2.85. The first-order valence-electron chi connectivity index (χ1n) is 5.30. The van der Waals surface area contributed by atoms with Crippen LogP contribution >= 0.6 is 38.5 Å². The van der Waals surface area contributed by atoms with Crippen molar-refractivity contribution in [3.8, 4) is 0 Å². The van der Waals surface area contributed by atoms with Gasteiger partial charge in [-0.25, -0.2) is 0 Å². The lowest BCUT2D eigenvalue weighted by Crippen LogP contribution is -2.24. The van der Waals surface area contributed by atoms with Gasteiger partial charge in [0.15, 0.2) is 0 Å². The van der Waals surface area contributed by atoms with Crippen molar-refractivity contribution in [2.75, 3.05) is 0 Å². The minimum absolute atomic E-state index is 0.0856. The number of halogens is 2. The zero-order valence-corrected chi connectivity index (χ0v) is 13.1. The molecule has 3 nitrogen and oxygen atoms in total. The number of benzene rings is 1. The molecule has 2 rings (SSSR count). The van der Waals surface area contributed by atoms with Gasteiger partial charge in [0.05, 0.1) is 17.8 Å². The molecule has 0 atom stereocenters. The van der Waals surface area contributed by atoms with Crippen LogP contribution in [0.4, 0.5) is 0 Å². The van der Waals surface area contributed by atoms with E-state index in [1.54, 1.807) is 12.3 Å². The Morgan fingerprint density at radius 3 is 2.83 bits per heavy atom. The third-order valence-corrected chi connectivity index (χ3v) is 3.72. The van der Waals surface area contributed by atoms with Gasteiger partial charge in [0, 0.05) is 14.2 Å². The van der Waals surface area contributed by atoms with Gasteiger partial charge in [0.25, 0.3) is 5.91 Å². The number of hydrogen-bond donors (Lipinski definition) is 1. The predicted molar refractivity (Wildman–Crippen MR) is 82.3 cm³/mol. The Balaban J connectivity index is 2.04. The third-order valence-electron chi connectivity index (χ3n) is 2.33. The number of hydrogen-bond acceptors (Lipinski definition) is 2. The molecular weight excluding hydrogens is 407 g/mol. The normalized spacial score (nSPS) is 10.1. The van der Waals surface area contributed by atoms with Crippen molar-refractivity contribution in [2.24, 2.45) is 0 Å². The van der Waals surface area contributed by atoms with E-state index in [0.717, 1.165) is 13.7 Å². The van der Waals surface area contributed by atoms with E-state index in [4.69, 9.17) is 0 Å². The molecule has 1 N–H and O–H groups in total. The van der Waals surface area contributed by atoms with Gasteiger partial charge in [0.1, 0.15) is 0 Å². The van der Waals surface area contributed by atoms with Crippen LogP contribution in [-0.4, -0.2) is 10.9 Å². The minimum Gasteiger partial charge on any atom is -0.346 e. The van der Waals surface area contributed by atoms with Crippen molar-refractivity contribution in [3.63, 3.8) is 0 Å². The quantitative estimate of drug-likeness (QED) is 0.779. The number of nitrogens with one attached hydrogen (secondary N) is 1. The monoisotopic (exact) mass is 416 g/mol. The maximum atomic E-state index is 12.0. The second kappa shape index (κ2) is 6.29. The fraction of sp³-hybridized carbons (Fsp3) is 0.0769. The lowest BCUT2D eigenvalue weighted by Gasteiger charge is -2.06. The summed E-state index contributed by atoms with van der Waals surface area (Å²) < 4.78 is 1.88. The number of carbonyl (C=O) groups is 1. The lowest BCUT2D eigenvalue weighted by molar-refractivity contribution is 0.0949. The average molecular weight is 417 g/mol. The van der Waals surface area contributed by atoms with Gasteiger partial charge in [-0.3, -0.25) is 9.78 Å². The average Bonchev–Trinajstić information content (AvgIpc) is 2.37. The first-order chi connectivity index (χ1) is 8.66. The molecule has 1 aromatic carbocycles. The first kappa shape index (κ1) is 13.5. The van der Waals surface area contributed by atoms with E-state index in [1.807, 2.05) is 30.3 Å². The molecule has 0 spiro atoms. The Labute approximate surface area is 127 Å². The zero-order valence-electron chi connectivity index (χ0n) is 9.36. The van der Waals surface area contributed by atoms with Crippen LogP contribution in [0.5, 0.6) is 0 Å². The lowest BCUT2D eigenvalue weighted by atomic mass is 10.2. The molecule has 1 aromatic heterocycles. The molecular formula is C13H10BrIN2O. The Kier molecular flexibility index (Phi) is 4.71. The number of pyridine rings is 1. The predicted octanol–water partition coefficient (Wildman–Crippen LogP) is 3.38. The summed E-state index contributed by atoms with van der Waals surface area (Å²) in [7, 11) is 0. The van der Waals surface area contributed by atoms with Crippen molar-refractivity contribution >= 4 is 44.4 Å². The largest absolute Gasteiger partial charge is 0.346 e. The molecule has 0 fully saturated rings. The number of rotatable bonds is 3. The van der Waals surface area contributed by atoms with Crippen LogP contribution in [-0.2, 0) is 6.54 Å². The first-order valence-corrected chi connectivity index (χ1v) is 7.17. The van der Waals surface area contributed by atoms with Crippen molar-refractivity contribution in [1.29, 1.82) is 0 Å². The summed E-state index contributed by atoms with van der Waals surface area (Å²) >= 11 is 5.52. The molecule has 0 bridgehead atoms. The second-order valence-electron chi connectivity index (χ2n) is 3.63. The van der Waals surface area contributed by atoms with Gasteiger partial charge in [0.2, 0.25) is 0 Å². The molecule has 18 heavy (non-hydrogen) atoms. The zero-order chi connectivity index (χ0) is 13.0. The van der Waals surface area contributed by atoms with Crippen LogP contribution in [0, 0.1) is 3.57 Å². The Morgan fingerprint density at radius 2 is 2.17 bits per heavy atom. The smallest absolute Gasteiger partial charge is 0.252 e. The molecule has 5 heteroatoms. The van der Waals surface area contributed by atoms with E-state index in [0.29, 0.717) is 12.1 Å². The molecule has 0 saturated carbocycles. The Morgan fingerprint density at radius 1 is 1.33 bits per heavy atom. The van der Waals surface area contributed by atoms with Crippen molar-refractivity contribution in [3.05, 3.63) is 61.9 Å². The molecule has 0 unspecified atom stereocenters. The van der Waals surface area contributed by atoms with Crippen molar-refractivity contribution in [2.45, 2.75) is 6.54 Å². The Hall–Kier alpha value is -0.950. The maximum Gasteiger partial charge on any atom is 0.252 e. The fourth-order valence-corrected chi connectivity index (χ4v) is 2.99. The molecule has 2 aromatic rings. The van der Waals surface area contributed by atoms with Gasteiger partial charge in [-0.1, -0.05) is 22.0 Å². The summed E-state index contributed by atoms with van der Waals surface area (Å²) in [5.41, 5.74) is 1.52. The van der Waals surface area contributed by atoms with Crippen LogP contribution in [0.3, 0.4) is 0 Å². The number of aromatic nitrogens is 1. The Bertz CT molecular complexity index is 560. The number of nitrogens with zero attached hydrogens (tertiary/aromatic N) is 1. The van der Waals surface area contributed by atoms with E-state index in [1.165, 1.54) is 0 Å². The third kappa shape index (κ3) is 3.52. The van der Waals surface area contributed by atoms with Crippen molar-refractivity contribution < 1.29 is 4.79 Å². The second-order valence-corrected chi connectivity index (χ2v) is 5.71. The minimum atomic E-state index is -0.0856. The van der Waals surface area contributed by atoms with Gasteiger partial charge >= 0.3 is 0 Å². The summed E-state index contributed by atoms with van der Waals surface area (Å²) in [6, 6.07) is 11.2. The van der Waals surface area contributed by atoms with E-state index >= 15 is 0 Å². The topological polar surface area (TPSA) is 42.0 Å². The number of carbonyl (C=O) groups excluding carboxylic acids is 1. The van der Waals surface area contributed by atoms with Crippen LogP contribution in [0.25, 0.3) is 0 Å². The standard InChI is InChI=1S/C13H10BrIN2O/c14-9-4-5-11(12(15)7-9)13(18)17-8-10-3-1-2-6-16-10/h1-7H,8H2,(H,17,18). The molecule has 0 radical (unpaired) electrons. The summed E-state index contributed by atoms with van der Waals surface area (Å²) in [5.74, 6) is -0.0856. The van der Waals surface area contributed by atoms with Gasteiger partial charge in [-0.15, -0.1) is 0 Å². The molecule has 0 aliphatic carbocycles. The maximum absolute atomic E-state index is 12.0. The van der Waals surface area contributed by atoms with Crippen LogP contribution in [0.2, 0.25) is 0 Å². The fourth-order valence-electron chi connectivity index (χ4n) is 1.44. The molecule has 92 valence electrons. The van der Waals surface area contributed by atoms with E-state index in [-0.39, 0.29) is 5.91 Å². The SMILES string of the molecule is O=C(NCc1ccccn1)c1ccc(Br)cc1I. The van der Waals surface area contributed by atoms with E-state index < -0.39 is 0 Å². The highest BCUT2D eigenvalue weighted by Crippen LogP contribution is 2.18. The van der Waals surface area contributed by atoms with Crippen molar-refractivity contribution in [1.82, 2.24) is 10.3 Å². The molecule has 0 aliphatic rings. The summed E-state index contributed by atoms with van der Waals surface area (Å²) in [4.78, 5) is 16.1. The highest BCUT2D eigenvalue weighted by Gasteiger charge is 2.09. The number of amides is 1. The van der Waals surface area contributed by atoms with Crippen LogP contribution in [0.15, 0.2) is 47.1 Å². The van der Waals surface area contributed by atoms with Crippen LogP contribution < -0.4 is 5.32 Å². The molecule has 0 saturated heterocycles. The molecule has 1 amide bonds. The van der Waals surface area contributed by atoms with Gasteiger partial charge in [-0.05, 0) is 52.9 Å². The molecule has 0 aliphatic heterocycles. The van der Waals surface area contributed by atoms with Crippen LogP contribution in [0.1, 0.15) is 16.1 Å². The highest BCUT2D eigenvalue weighted by atomic mass is 127. The summed E-state index contributed by atoms with van der Waals surface area (Å²) in [6.07, 6.45) is 1.71. The summed E-state index contributed by atoms with van der Waals surface area (Å²) in [6.45, 7) is 0.436. The van der Waals surface area contributed by atoms with E-state index in [2.05, 4.69) is 48.8 Å². The highest BCUT2D eigenvalue weighted by molar-refractivity contribution is 14.1. The molecule has 1 heterocycles.